The maximum atomic E-state index is 12.4. The van der Waals surface area contributed by atoms with Gasteiger partial charge in [-0.25, -0.2) is 0 Å². The molecule has 0 radical (unpaired) electrons. The van der Waals surface area contributed by atoms with Gasteiger partial charge < -0.3 is 25.8 Å². The number of hydrogen-bond acceptors (Lipinski definition) is 5. The molecule has 4 N–H and O–H groups in total. The molecule has 1 fully saturated rings. The first-order valence-corrected chi connectivity index (χ1v) is 8.02. The highest BCUT2D eigenvalue weighted by molar-refractivity contribution is 5.94. The summed E-state index contributed by atoms with van der Waals surface area (Å²) in [6.45, 7) is 4.54. The van der Waals surface area contributed by atoms with Crippen molar-refractivity contribution in [2.45, 2.75) is 19.8 Å². The van der Waals surface area contributed by atoms with E-state index in [1.807, 2.05) is 0 Å². The van der Waals surface area contributed by atoms with Crippen molar-refractivity contribution in [2.75, 3.05) is 33.4 Å². The average Bonchev–Trinajstić information content (AvgIpc) is 2.58. The Kier molecular flexibility index (Phi) is 6.03. The third kappa shape index (κ3) is 4.86. The summed E-state index contributed by atoms with van der Waals surface area (Å²) in [4.78, 5) is 23.2. The van der Waals surface area contributed by atoms with Crippen LogP contribution in [0.2, 0.25) is 0 Å². The summed E-state index contributed by atoms with van der Waals surface area (Å²) >= 11 is 0. The normalized spacial score (nSPS) is 16.2. The van der Waals surface area contributed by atoms with Crippen LogP contribution in [-0.4, -0.2) is 45.2 Å². The summed E-state index contributed by atoms with van der Waals surface area (Å²) in [6.07, 6.45) is 2.08. The summed E-state index contributed by atoms with van der Waals surface area (Å²) < 4.78 is 10.5. The van der Waals surface area contributed by atoms with Gasteiger partial charge in [0.15, 0.2) is 18.1 Å². The number of carbonyl (C=O) groups excluding carboxylic acids is 2. The molecular weight excluding hydrogens is 310 g/mol. The zero-order chi connectivity index (χ0) is 17.6. The highest BCUT2D eigenvalue weighted by Gasteiger charge is 2.27. The molecule has 1 saturated heterocycles. The van der Waals surface area contributed by atoms with Crippen LogP contribution in [0.25, 0.3) is 0 Å². The maximum absolute atomic E-state index is 12.4. The van der Waals surface area contributed by atoms with Gasteiger partial charge >= 0.3 is 0 Å². The molecule has 24 heavy (non-hydrogen) atoms. The van der Waals surface area contributed by atoms with Gasteiger partial charge in [0.2, 0.25) is 0 Å². The Hall–Kier alpha value is -2.28. The Morgan fingerprint density at radius 1 is 1.29 bits per heavy atom. The van der Waals surface area contributed by atoms with Crippen molar-refractivity contribution < 1.29 is 19.1 Å². The molecule has 1 aromatic rings. The maximum Gasteiger partial charge on any atom is 0.255 e. The number of carbonyl (C=O) groups is 2. The molecule has 0 saturated carbocycles. The molecule has 0 aromatic heterocycles. The van der Waals surface area contributed by atoms with E-state index < -0.39 is 5.91 Å². The molecule has 0 spiro atoms. The van der Waals surface area contributed by atoms with Crippen molar-refractivity contribution >= 4 is 11.8 Å². The van der Waals surface area contributed by atoms with E-state index in [1.54, 1.807) is 18.2 Å². The Balaban J connectivity index is 1.99. The Labute approximate surface area is 141 Å². The number of benzene rings is 1. The number of primary amides is 1. The van der Waals surface area contributed by atoms with Crippen LogP contribution in [0.3, 0.4) is 0 Å². The van der Waals surface area contributed by atoms with Crippen molar-refractivity contribution in [3.05, 3.63) is 23.8 Å². The molecule has 1 aliphatic heterocycles. The van der Waals surface area contributed by atoms with Crippen LogP contribution in [0.15, 0.2) is 18.2 Å². The summed E-state index contributed by atoms with van der Waals surface area (Å²) in [7, 11) is 1.48. The lowest BCUT2D eigenvalue weighted by atomic mass is 9.81. The monoisotopic (exact) mass is 335 g/mol. The molecule has 0 aliphatic carbocycles. The summed E-state index contributed by atoms with van der Waals surface area (Å²) in [6, 6.07) is 4.83. The number of nitrogens with one attached hydrogen (secondary N) is 2. The molecule has 0 bridgehead atoms. The van der Waals surface area contributed by atoms with Crippen LogP contribution in [0.5, 0.6) is 11.5 Å². The fourth-order valence-electron chi connectivity index (χ4n) is 2.68. The second-order valence-corrected chi connectivity index (χ2v) is 6.36. The molecule has 2 rings (SSSR count). The van der Waals surface area contributed by atoms with E-state index in [0.717, 1.165) is 25.9 Å². The number of rotatable bonds is 7. The fraction of sp³-hybridized carbons (Fsp3) is 0.529. The van der Waals surface area contributed by atoms with Gasteiger partial charge in [0.25, 0.3) is 11.8 Å². The zero-order valence-corrected chi connectivity index (χ0v) is 14.2. The van der Waals surface area contributed by atoms with E-state index in [4.69, 9.17) is 15.2 Å². The zero-order valence-electron chi connectivity index (χ0n) is 14.2. The molecule has 1 heterocycles. The van der Waals surface area contributed by atoms with Gasteiger partial charge in [-0.2, -0.15) is 0 Å². The molecule has 1 aromatic carbocycles. The second kappa shape index (κ2) is 8.01. The second-order valence-electron chi connectivity index (χ2n) is 6.36. The number of amides is 2. The molecular formula is C17H25N3O4. The highest BCUT2D eigenvalue weighted by atomic mass is 16.5. The highest BCUT2D eigenvalue weighted by Crippen LogP contribution is 2.29. The number of hydrogen-bond donors (Lipinski definition) is 3. The van der Waals surface area contributed by atoms with Gasteiger partial charge in [-0.3, -0.25) is 9.59 Å². The van der Waals surface area contributed by atoms with Crippen LogP contribution in [-0.2, 0) is 4.79 Å². The van der Waals surface area contributed by atoms with E-state index in [2.05, 4.69) is 17.6 Å². The smallest absolute Gasteiger partial charge is 0.255 e. The SMILES string of the molecule is COc1cc(C(=O)NCC2(C)CCNCC2)ccc1OCC(N)=O. The summed E-state index contributed by atoms with van der Waals surface area (Å²) in [5, 5.41) is 6.32. The molecule has 7 nitrogen and oxygen atoms in total. The summed E-state index contributed by atoms with van der Waals surface area (Å²) in [5.74, 6) is 0.0266. The molecule has 1 aliphatic rings. The van der Waals surface area contributed by atoms with Crippen LogP contribution in [0.1, 0.15) is 30.1 Å². The molecule has 2 amide bonds. The predicted molar refractivity (Wildman–Crippen MR) is 90.2 cm³/mol. The molecule has 7 heteroatoms. The largest absolute Gasteiger partial charge is 0.493 e. The molecule has 132 valence electrons. The molecule has 0 unspecified atom stereocenters. The number of methoxy groups -OCH3 is 1. The van der Waals surface area contributed by atoms with Gasteiger partial charge in [0.05, 0.1) is 7.11 Å². The van der Waals surface area contributed by atoms with Gasteiger partial charge in [-0.15, -0.1) is 0 Å². The van der Waals surface area contributed by atoms with E-state index in [-0.39, 0.29) is 17.9 Å². The van der Waals surface area contributed by atoms with Crippen molar-refractivity contribution in [3.63, 3.8) is 0 Å². The third-order valence-corrected chi connectivity index (χ3v) is 4.28. The van der Waals surface area contributed by atoms with E-state index >= 15 is 0 Å². The Morgan fingerprint density at radius 2 is 2.00 bits per heavy atom. The number of nitrogens with two attached hydrogens (primary N) is 1. The minimum Gasteiger partial charge on any atom is -0.493 e. The van der Waals surface area contributed by atoms with E-state index in [9.17, 15) is 9.59 Å². The lowest BCUT2D eigenvalue weighted by Crippen LogP contribution is -2.42. The van der Waals surface area contributed by atoms with Crippen molar-refractivity contribution in [1.82, 2.24) is 10.6 Å². The first-order valence-electron chi connectivity index (χ1n) is 8.02. The van der Waals surface area contributed by atoms with Crippen LogP contribution >= 0.6 is 0 Å². The van der Waals surface area contributed by atoms with Crippen LogP contribution in [0, 0.1) is 5.41 Å². The lowest BCUT2D eigenvalue weighted by molar-refractivity contribution is -0.119. The fourth-order valence-corrected chi connectivity index (χ4v) is 2.68. The van der Waals surface area contributed by atoms with Gasteiger partial charge in [-0.1, -0.05) is 6.92 Å². The number of ether oxygens (including phenoxy) is 2. The van der Waals surface area contributed by atoms with Gasteiger partial charge in [0.1, 0.15) is 0 Å². The van der Waals surface area contributed by atoms with Crippen LogP contribution < -0.4 is 25.8 Å². The van der Waals surface area contributed by atoms with Crippen molar-refractivity contribution in [2.24, 2.45) is 11.1 Å². The topological polar surface area (TPSA) is 103 Å². The average molecular weight is 335 g/mol. The van der Waals surface area contributed by atoms with Crippen molar-refractivity contribution in [1.29, 1.82) is 0 Å². The standard InChI is InChI=1S/C17H25N3O4/c1-17(5-7-19-8-6-17)11-20-16(22)12-3-4-13(14(9-12)23-2)24-10-15(18)21/h3-4,9,19H,5-8,10-11H2,1-2H3,(H2,18,21)(H,20,22). The minimum absolute atomic E-state index is 0.121. The number of piperidine rings is 1. The quantitative estimate of drug-likeness (QED) is 0.680. The predicted octanol–water partition coefficient (Wildman–Crippen LogP) is 0.679. The van der Waals surface area contributed by atoms with Crippen LogP contribution in [0.4, 0.5) is 0 Å². The Bertz CT molecular complexity index is 597. The summed E-state index contributed by atoms with van der Waals surface area (Å²) in [5.41, 5.74) is 5.66. The van der Waals surface area contributed by atoms with Gasteiger partial charge in [0, 0.05) is 12.1 Å². The minimum atomic E-state index is -0.575. The Morgan fingerprint density at radius 3 is 2.62 bits per heavy atom. The first kappa shape index (κ1) is 18.1. The van der Waals surface area contributed by atoms with Gasteiger partial charge in [-0.05, 0) is 49.5 Å². The first-order chi connectivity index (χ1) is 11.4. The van der Waals surface area contributed by atoms with E-state index in [0.29, 0.717) is 23.6 Å². The van der Waals surface area contributed by atoms with Crippen molar-refractivity contribution in [3.8, 4) is 11.5 Å². The lowest BCUT2D eigenvalue weighted by Gasteiger charge is -2.34. The molecule has 0 atom stereocenters. The third-order valence-electron chi connectivity index (χ3n) is 4.28. The van der Waals surface area contributed by atoms with E-state index in [1.165, 1.54) is 7.11 Å².